The average Bonchev–Trinajstić information content (AvgIpc) is 3.44. The van der Waals surface area contributed by atoms with Crippen LogP contribution < -0.4 is 10.5 Å². The summed E-state index contributed by atoms with van der Waals surface area (Å²) in [5.74, 6) is 0.0969. The van der Waals surface area contributed by atoms with Crippen molar-refractivity contribution in [1.29, 1.82) is 5.26 Å². The highest BCUT2D eigenvalue weighted by Gasteiger charge is 2.37. The Bertz CT molecular complexity index is 1430. The number of nitrogens with zero attached hydrogens (tertiary/aromatic N) is 5. The molecule has 186 valence electrons. The molecule has 2 N–H and O–H groups in total. The Hall–Kier alpha value is -4.48. The van der Waals surface area contributed by atoms with Gasteiger partial charge in [0.25, 0.3) is 0 Å². The van der Waals surface area contributed by atoms with E-state index >= 15 is 0 Å². The minimum absolute atomic E-state index is 0.341. The van der Waals surface area contributed by atoms with Gasteiger partial charge in [-0.3, -0.25) is 14.7 Å². The smallest absolute Gasteiger partial charge is 0.250 e. The molecule has 8 heteroatoms. The maximum atomic E-state index is 11.4. The van der Waals surface area contributed by atoms with Gasteiger partial charge in [0.1, 0.15) is 11.4 Å². The summed E-state index contributed by atoms with van der Waals surface area (Å²) in [7, 11) is 1.62. The van der Waals surface area contributed by atoms with Crippen molar-refractivity contribution in [2.75, 3.05) is 20.2 Å². The van der Waals surface area contributed by atoms with Gasteiger partial charge in [-0.15, -0.1) is 0 Å². The third-order valence-corrected chi connectivity index (χ3v) is 7.09. The average molecular weight is 493 g/mol. The Morgan fingerprint density at radius 2 is 1.89 bits per heavy atom. The van der Waals surface area contributed by atoms with Crippen molar-refractivity contribution < 1.29 is 9.53 Å². The van der Waals surface area contributed by atoms with E-state index in [0.717, 1.165) is 49.4 Å². The molecule has 1 fully saturated rings. The first-order valence-electron chi connectivity index (χ1n) is 12.2. The number of piperidine rings is 1. The Morgan fingerprint density at radius 1 is 1.11 bits per heavy atom. The number of benzene rings is 2. The van der Waals surface area contributed by atoms with Crippen LogP contribution in [-0.4, -0.2) is 45.8 Å². The second-order valence-electron chi connectivity index (χ2n) is 9.27. The molecule has 0 atom stereocenters. The molecular weight excluding hydrogens is 464 g/mol. The molecule has 8 nitrogen and oxygen atoms in total. The number of amides is 1. The van der Waals surface area contributed by atoms with Gasteiger partial charge in [0, 0.05) is 25.8 Å². The van der Waals surface area contributed by atoms with Crippen molar-refractivity contribution in [2.45, 2.75) is 24.8 Å². The first kappa shape index (κ1) is 24.2. The molecule has 2 aromatic carbocycles. The van der Waals surface area contributed by atoms with Gasteiger partial charge in [-0.2, -0.15) is 10.4 Å². The number of pyridine rings is 1. The van der Waals surface area contributed by atoms with Crippen LogP contribution in [0.3, 0.4) is 0 Å². The number of ether oxygens (including phenoxy) is 1. The molecule has 0 aliphatic carbocycles. The molecule has 0 saturated carbocycles. The molecule has 0 spiro atoms. The van der Waals surface area contributed by atoms with Crippen molar-refractivity contribution in [3.05, 3.63) is 95.8 Å². The van der Waals surface area contributed by atoms with Gasteiger partial charge in [0.15, 0.2) is 0 Å². The number of primary amides is 1. The highest BCUT2D eigenvalue weighted by Crippen LogP contribution is 2.39. The number of hydrogen-bond donors (Lipinski definition) is 1. The number of hydrogen-bond acceptors (Lipinski definition) is 6. The summed E-state index contributed by atoms with van der Waals surface area (Å²) in [6, 6.07) is 24.2. The zero-order chi connectivity index (χ0) is 25.8. The third-order valence-electron chi connectivity index (χ3n) is 7.09. The molecule has 0 radical (unpaired) electrons. The van der Waals surface area contributed by atoms with Crippen molar-refractivity contribution >= 4 is 5.91 Å². The van der Waals surface area contributed by atoms with Crippen molar-refractivity contribution in [3.63, 3.8) is 0 Å². The molecule has 5 rings (SSSR count). The minimum atomic E-state index is -0.571. The van der Waals surface area contributed by atoms with Crippen LogP contribution in [-0.2, 0) is 12.0 Å². The molecule has 1 saturated heterocycles. The maximum Gasteiger partial charge on any atom is 0.250 e. The van der Waals surface area contributed by atoms with Crippen molar-refractivity contribution in [3.8, 4) is 28.9 Å². The van der Waals surface area contributed by atoms with Gasteiger partial charge in [-0.25, -0.2) is 4.68 Å². The second kappa shape index (κ2) is 10.2. The van der Waals surface area contributed by atoms with Crippen LogP contribution in [0.4, 0.5) is 0 Å². The van der Waals surface area contributed by atoms with E-state index in [2.05, 4.69) is 45.3 Å². The van der Waals surface area contributed by atoms with E-state index in [1.54, 1.807) is 30.1 Å². The molecule has 2 aromatic heterocycles. The van der Waals surface area contributed by atoms with Crippen LogP contribution in [0.5, 0.6) is 5.75 Å². The Morgan fingerprint density at radius 3 is 2.54 bits per heavy atom. The predicted octanol–water partition coefficient (Wildman–Crippen LogP) is 4.10. The summed E-state index contributed by atoms with van der Waals surface area (Å²) in [5, 5.41) is 14.8. The lowest BCUT2D eigenvalue weighted by Gasteiger charge is -2.38. The Balaban J connectivity index is 1.40. The largest absolute Gasteiger partial charge is 0.494 e. The molecule has 37 heavy (non-hydrogen) atoms. The van der Waals surface area contributed by atoms with E-state index in [9.17, 15) is 10.1 Å². The number of nitriles is 1. The molecule has 0 bridgehead atoms. The number of nitrogens with two attached hydrogens (primary N) is 1. The minimum Gasteiger partial charge on any atom is -0.494 e. The van der Waals surface area contributed by atoms with Gasteiger partial charge in [-0.1, -0.05) is 36.4 Å². The standard InChI is InChI=1S/C29H28N6O2/c1-37-27-17-23(29(20-30)12-15-34(16-13-29)19-21-5-3-2-4-6-21)8-10-26(27)35-25(11-14-33-35)24-9-7-22(18-32-24)28(31)36/h2-11,14,17-18H,12-13,15-16,19H2,1H3,(H2,31,36). The van der Waals surface area contributed by atoms with Crippen LogP contribution >= 0.6 is 0 Å². The lowest BCUT2D eigenvalue weighted by atomic mass is 9.74. The predicted molar refractivity (Wildman–Crippen MR) is 140 cm³/mol. The summed E-state index contributed by atoms with van der Waals surface area (Å²) in [5.41, 5.74) is 9.47. The fourth-order valence-electron chi connectivity index (χ4n) is 4.93. The van der Waals surface area contributed by atoms with E-state index in [1.165, 1.54) is 11.8 Å². The van der Waals surface area contributed by atoms with E-state index in [-0.39, 0.29) is 0 Å². The third kappa shape index (κ3) is 4.82. The SMILES string of the molecule is COc1cc(C2(C#N)CCN(Cc3ccccc3)CC2)ccc1-n1nccc1-c1ccc(C(N)=O)cn1. The van der Waals surface area contributed by atoms with Crippen LogP contribution in [0.15, 0.2) is 79.1 Å². The van der Waals surface area contributed by atoms with Crippen LogP contribution in [0.1, 0.15) is 34.3 Å². The number of rotatable bonds is 7. The molecule has 1 aliphatic heterocycles. The summed E-state index contributed by atoms with van der Waals surface area (Å²) in [6.07, 6.45) is 4.64. The van der Waals surface area contributed by atoms with Gasteiger partial charge in [-0.05, 0) is 54.3 Å². The van der Waals surface area contributed by atoms with Crippen LogP contribution in [0.2, 0.25) is 0 Å². The number of carbonyl (C=O) groups excluding carboxylic acids is 1. The topological polar surface area (TPSA) is 110 Å². The summed E-state index contributed by atoms with van der Waals surface area (Å²) >= 11 is 0. The number of methoxy groups -OCH3 is 1. The lowest BCUT2D eigenvalue weighted by Crippen LogP contribution is -2.41. The van der Waals surface area contributed by atoms with E-state index < -0.39 is 11.3 Å². The molecule has 1 aliphatic rings. The van der Waals surface area contributed by atoms with Crippen LogP contribution in [0, 0.1) is 11.3 Å². The van der Waals surface area contributed by atoms with Crippen molar-refractivity contribution in [2.24, 2.45) is 5.73 Å². The Kier molecular flexibility index (Phi) is 6.71. The van der Waals surface area contributed by atoms with Gasteiger partial charge < -0.3 is 10.5 Å². The fraction of sp³-hybridized carbons (Fsp3) is 0.241. The molecule has 3 heterocycles. The van der Waals surface area contributed by atoms with Gasteiger partial charge >= 0.3 is 0 Å². The first-order chi connectivity index (χ1) is 18.0. The maximum absolute atomic E-state index is 11.4. The first-order valence-corrected chi connectivity index (χ1v) is 12.2. The second-order valence-corrected chi connectivity index (χ2v) is 9.27. The van der Waals surface area contributed by atoms with Crippen LogP contribution in [0.25, 0.3) is 17.1 Å². The quantitative estimate of drug-likeness (QED) is 0.416. The summed E-state index contributed by atoms with van der Waals surface area (Å²) in [4.78, 5) is 18.2. The van der Waals surface area contributed by atoms with E-state index in [4.69, 9.17) is 10.5 Å². The Labute approximate surface area is 215 Å². The molecular formula is C29H28N6O2. The number of likely N-dealkylation sites (tertiary alicyclic amines) is 1. The summed E-state index contributed by atoms with van der Waals surface area (Å²) in [6.45, 7) is 2.59. The highest BCUT2D eigenvalue weighted by atomic mass is 16.5. The monoisotopic (exact) mass is 492 g/mol. The lowest BCUT2D eigenvalue weighted by molar-refractivity contribution is 0.1000. The molecule has 1 amide bonds. The van der Waals surface area contributed by atoms with Gasteiger partial charge in [0.05, 0.1) is 41.7 Å². The molecule has 4 aromatic rings. The van der Waals surface area contributed by atoms with E-state index in [0.29, 0.717) is 17.0 Å². The highest BCUT2D eigenvalue weighted by molar-refractivity contribution is 5.92. The van der Waals surface area contributed by atoms with Crippen molar-refractivity contribution in [1.82, 2.24) is 19.7 Å². The summed E-state index contributed by atoms with van der Waals surface area (Å²) < 4.78 is 7.52. The van der Waals surface area contributed by atoms with Gasteiger partial charge in [0.2, 0.25) is 5.91 Å². The zero-order valence-electron chi connectivity index (χ0n) is 20.7. The zero-order valence-corrected chi connectivity index (χ0v) is 20.7. The number of aromatic nitrogens is 3. The normalized spacial score (nSPS) is 15.1. The van der Waals surface area contributed by atoms with E-state index in [1.807, 2.05) is 30.3 Å². The number of carbonyl (C=O) groups is 1. The fourth-order valence-corrected chi connectivity index (χ4v) is 4.93. The molecule has 0 unspecified atom stereocenters.